The van der Waals surface area contributed by atoms with Gasteiger partial charge in [0.1, 0.15) is 5.82 Å². The molecule has 2 rings (SSSR count). The van der Waals surface area contributed by atoms with E-state index in [2.05, 4.69) is 47.8 Å². The van der Waals surface area contributed by atoms with Crippen molar-refractivity contribution in [2.75, 3.05) is 0 Å². The van der Waals surface area contributed by atoms with Crippen LogP contribution in [0.3, 0.4) is 0 Å². The van der Waals surface area contributed by atoms with Crippen molar-refractivity contribution in [1.29, 1.82) is 0 Å². The number of rotatable bonds is 2. The Labute approximate surface area is 90.3 Å². The minimum Gasteiger partial charge on any atom is -0.331 e. The summed E-state index contributed by atoms with van der Waals surface area (Å²) in [5.41, 5.74) is 2.27. The third-order valence-electron chi connectivity index (χ3n) is 2.71. The maximum absolute atomic E-state index is 4.64. The van der Waals surface area contributed by atoms with Crippen LogP contribution in [-0.2, 0) is 7.05 Å². The van der Waals surface area contributed by atoms with Gasteiger partial charge in [0.25, 0.3) is 0 Å². The molecule has 0 spiro atoms. The van der Waals surface area contributed by atoms with Gasteiger partial charge in [-0.05, 0) is 19.1 Å². The molecule has 1 aromatic heterocycles. The topological polar surface area (TPSA) is 17.8 Å². The second-order valence-electron chi connectivity index (χ2n) is 3.83. The lowest BCUT2D eigenvalue weighted by Gasteiger charge is -2.05. The summed E-state index contributed by atoms with van der Waals surface area (Å²) >= 11 is 0. The molecule has 1 heterocycles. The Kier molecular flexibility index (Phi) is 2.58. The van der Waals surface area contributed by atoms with Gasteiger partial charge in [-0.3, -0.25) is 0 Å². The van der Waals surface area contributed by atoms with Gasteiger partial charge in [0, 0.05) is 13.0 Å². The van der Waals surface area contributed by atoms with Gasteiger partial charge in [-0.1, -0.05) is 31.2 Å². The average Bonchev–Trinajstić information content (AvgIpc) is 2.57. The van der Waals surface area contributed by atoms with Crippen LogP contribution in [0, 0.1) is 0 Å². The smallest absolute Gasteiger partial charge is 0.116 e. The summed E-state index contributed by atoms with van der Waals surface area (Å²) in [6, 6.07) is 8.24. The van der Waals surface area contributed by atoms with Gasteiger partial charge in [0.15, 0.2) is 0 Å². The van der Waals surface area contributed by atoms with E-state index in [0.717, 1.165) is 11.3 Å². The fourth-order valence-electron chi connectivity index (χ4n) is 1.95. The molecule has 0 aliphatic carbocycles. The quantitative estimate of drug-likeness (QED) is 0.680. The molecule has 0 radical (unpaired) electrons. The van der Waals surface area contributed by atoms with Crippen LogP contribution in [-0.4, -0.2) is 9.55 Å². The van der Waals surface area contributed by atoms with E-state index in [0.29, 0.717) is 5.92 Å². The summed E-state index contributed by atoms with van der Waals surface area (Å²) < 4.78 is 2.17. The van der Waals surface area contributed by atoms with Gasteiger partial charge in [-0.25, -0.2) is 4.98 Å². The van der Waals surface area contributed by atoms with E-state index in [9.17, 15) is 0 Å². The number of nitrogens with zero attached hydrogens (tertiary/aromatic N) is 2. The highest BCUT2D eigenvalue weighted by molar-refractivity contribution is 5.75. The van der Waals surface area contributed by atoms with E-state index in [1.54, 1.807) is 0 Å². The lowest BCUT2D eigenvalue weighted by atomic mass is 10.1. The van der Waals surface area contributed by atoms with Crippen LogP contribution in [0.1, 0.15) is 25.6 Å². The Bertz CT molecular complexity index is 494. The summed E-state index contributed by atoms with van der Waals surface area (Å²) in [4.78, 5) is 4.64. The molecule has 0 N–H and O–H groups in total. The first-order chi connectivity index (χ1) is 7.24. The van der Waals surface area contributed by atoms with Crippen LogP contribution < -0.4 is 0 Å². The van der Waals surface area contributed by atoms with Gasteiger partial charge in [0.2, 0.25) is 0 Å². The molecule has 0 aliphatic rings. The lowest BCUT2D eigenvalue weighted by Crippen LogP contribution is -2.00. The molecule has 78 valence electrons. The van der Waals surface area contributed by atoms with Gasteiger partial charge in [0.05, 0.1) is 11.0 Å². The van der Waals surface area contributed by atoms with Gasteiger partial charge >= 0.3 is 0 Å². The van der Waals surface area contributed by atoms with Crippen molar-refractivity contribution in [3.05, 3.63) is 42.2 Å². The Hall–Kier alpha value is -1.57. The molecule has 15 heavy (non-hydrogen) atoms. The zero-order valence-electron chi connectivity index (χ0n) is 9.44. The first-order valence-corrected chi connectivity index (χ1v) is 5.28. The van der Waals surface area contributed by atoms with Crippen molar-refractivity contribution in [3.8, 4) is 0 Å². The third-order valence-corrected chi connectivity index (χ3v) is 2.71. The van der Waals surface area contributed by atoms with E-state index in [1.165, 1.54) is 5.52 Å². The van der Waals surface area contributed by atoms with E-state index in [1.807, 2.05) is 19.1 Å². The molecule has 0 bridgehead atoms. The maximum atomic E-state index is 4.64. The predicted octanol–water partition coefficient (Wildman–Crippen LogP) is 3.25. The molecule has 0 saturated heterocycles. The summed E-state index contributed by atoms with van der Waals surface area (Å²) in [5, 5.41) is 0. The molecule has 0 fully saturated rings. The third kappa shape index (κ3) is 1.67. The lowest BCUT2D eigenvalue weighted by molar-refractivity contribution is 0.769. The molecule has 2 aromatic rings. The number of para-hydroxylation sites is 2. The monoisotopic (exact) mass is 200 g/mol. The number of hydrogen-bond donors (Lipinski definition) is 0. The molecule has 0 saturated carbocycles. The first kappa shape index (κ1) is 9.97. The number of fused-ring (bicyclic) bond motifs is 1. The van der Waals surface area contributed by atoms with Crippen LogP contribution in [0.5, 0.6) is 0 Å². The van der Waals surface area contributed by atoms with Crippen molar-refractivity contribution in [2.45, 2.75) is 19.8 Å². The summed E-state index contributed by atoms with van der Waals surface area (Å²) in [5.74, 6) is 1.49. The molecule has 2 nitrogen and oxygen atoms in total. The fourth-order valence-corrected chi connectivity index (χ4v) is 1.95. The second kappa shape index (κ2) is 3.89. The number of benzene rings is 1. The molecule has 1 unspecified atom stereocenters. The van der Waals surface area contributed by atoms with E-state index < -0.39 is 0 Å². The number of imidazole rings is 1. The second-order valence-corrected chi connectivity index (χ2v) is 3.83. The number of hydrogen-bond acceptors (Lipinski definition) is 1. The SMILES string of the molecule is C/C=C/C(C)c1nc2ccccc2n1C. The predicted molar refractivity (Wildman–Crippen MR) is 63.9 cm³/mol. The normalized spacial score (nSPS) is 13.8. The number of aromatic nitrogens is 2. The Morgan fingerprint density at radius 1 is 1.33 bits per heavy atom. The molecular formula is C13H16N2. The maximum Gasteiger partial charge on any atom is 0.116 e. The minimum atomic E-state index is 0.368. The van der Waals surface area contributed by atoms with E-state index in [4.69, 9.17) is 0 Å². The fraction of sp³-hybridized carbons (Fsp3) is 0.308. The van der Waals surface area contributed by atoms with Gasteiger partial charge in [-0.2, -0.15) is 0 Å². The Balaban J connectivity index is 2.57. The molecule has 0 aliphatic heterocycles. The largest absolute Gasteiger partial charge is 0.331 e. The van der Waals surface area contributed by atoms with Crippen LogP contribution in [0.25, 0.3) is 11.0 Å². The zero-order chi connectivity index (χ0) is 10.8. The molecule has 0 amide bonds. The summed E-state index contributed by atoms with van der Waals surface area (Å²) in [6.07, 6.45) is 4.24. The summed E-state index contributed by atoms with van der Waals surface area (Å²) in [6.45, 7) is 4.21. The van der Waals surface area contributed by atoms with Crippen LogP contribution >= 0.6 is 0 Å². The highest BCUT2D eigenvalue weighted by atomic mass is 15.1. The Morgan fingerprint density at radius 3 is 2.73 bits per heavy atom. The average molecular weight is 200 g/mol. The molecule has 1 atom stereocenters. The van der Waals surface area contributed by atoms with Gasteiger partial charge in [-0.15, -0.1) is 0 Å². The number of allylic oxidation sites excluding steroid dienone is 2. The van der Waals surface area contributed by atoms with Gasteiger partial charge < -0.3 is 4.57 Å². The van der Waals surface area contributed by atoms with Crippen LogP contribution in [0.4, 0.5) is 0 Å². The van der Waals surface area contributed by atoms with E-state index in [-0.39, 0.29) is 0 Å². The first-order valence-electron chi connectivity index (χ1n) is 5.28. The number of aryl methyl sites for hydroxylation is 1. The van der Waals surface area contributed by atoms with Crippen molar-refractivity contribution in [1.82, 2.24) is 9.55 Å². The van der Waals surface area contributed by atoms with Crippen LogP contribution in [0.2, 0.25) is 0 Å². The molecular weight excluding hydrogens is 184 g/mol. The minimum absolute atomic E-state index is 0.368. The standard InChI is InChI=1S/C13H16N2/c1-4-7-10(2)13-14-11-8-5-6-9-12(11)15(13)3/h4-10H,1-3H3/b7-4+. The highest BCUT2D eigenvalue weighted by Gasteiger charge is 2.10. The van der Waals surface area contributed by atoms with Crippen molar-refractivity contribution >= 4 is 11.0 Å². The molecule has 2 heteroatoms. The Morgan fingerprint density at radius 2 is 2.07 bits per heavy atom. The van der Waals surface area contributed by atoms with Crippen molar-refractivity contribution < 1.29 is 0 Å². The highest BCUT2D eigenvalue weighted by Crippen LogP contribution is 2.21. The van der Waals surface area contributed by atoms with Crippen molar-refractivity contribution in [2.24, 2.45) is 7.05 Å². The van der Waals surface area contributed by atoms with Crippen molar-refractivity contribution in [3.63, 3.8) is 0 Å². The molecule has 1 aromatic carbocycles. The van der Waals surface area contributed by atoms with E-state index >= 15 is 0 Å². The summed E-state index contributed by atoms with van der Waals surface area (Å²) in [7, 11) is 2.07. The van der Waals surface area contributed by atoms with Crippen LogP contribution in [0.15, 0.2) is 36.4 Å². The zero-order valence-corrected chi connectivity index (χ0v) is 9.44.